The van der Waals surface area contributed by atoms with E-state index in [2.05, 4.69) is 16.0 Å². The second-order valence-electron chi connectivity index (χ2n) is 11.1. The molecule has 2 saturated heterocycles. The number of ether oxygens (including phenoxy) is 3. The summed E-state index contributed by atoms with van der Waals surface area (Å²) in [5.74, 6) is -2.97. The van der Waals surface area contributed by atoms with E-state index in [4.69, 9.17) is 14.2 Å². The maximum atomic E-state index is 13.7. The van der Waals surface area contributed by atoms with Crippen LogP contribution in [0.3, 0.4) is 0 Å². The Bertz CT molecular complexity index is 831. The zero-order valence-corrected chi connectivity index (χ0v) is 23.4. The molecule has 2 aliphatic heterocycles. The van der Waals surface area contributed by atoms with Gasteiger partial charge < -0.3 is 35.1 Å². The van der Waals surface area contributed by atoms with Gasteiger partial charge in [-0.1, -0.05) is 52.9 Å². The highest BCUT2D eigenvalue weighted by Gasteiger charge is 2.46. The van der Waals surface area contributed by atoms with Gasteiger partial charge in [0.25, 0.3) is 5.91 Å². The average Bonchev–Trinajstić information content (AvgIpc) is 3.36. The van der Waals surface area contributed by atoms with Crippen LogP contribution in [0.25, 0.3) is 0 Å². The first-order valence-corrected chi connectivity index (χ1v) is 14.2. The maximum absolute atomic E-state index is 13.7. The summed E-state index contributed by atoms with van der Waals surface area (Å²) in [6.45, 7) is 10.3. The number of morpholine rings is 1. The Kier molecular flexibility index (Phi) is 10.9. The summed E-state index contributed by atoms with van der Waals surface area (Å²) in [6.07, 6.45) is 5.32. The second-order valence-corrected chi connectivity index (χ2v) is 11.1. The lowest BCUT2D eigenvalue weighted by atomic mass is 9.80. The van der Waals surface area contributed by atoms with Gasteiger partial charge in [-0.05, 0) is 32.1 Å². The third-order valence-electron chi connectivity index (χ3n) is 7.86. The third-order valence-corrected chi connectivity index (χ3v) is 7.86. The van der Waals surface area contributed by atoms with Crippen molar-refractivity contribution in [2.24, 2.45) is 5.92 Å². The number of ketones is 1. The normalized spacial score (nSPS) is 22.4. The second kappa shape index (κ2) is 13.7. The zero-order valence-electron chi connectivity index (χ0n) is 23.4. The van der Waals surface area contributed by atoms with Gasteiger partial charge in [0.1, 0.15) is 5.54 Å². The van der Waals surface area contributed by atoms with E-state index < -0.39 is 41.0 Å². The van der Waals surface area contributed by atoms with E-state index in [-0.39, 0.29) is 11.9 Å². The molecule has 2 atom stereocenters. The van der Waals surface area contributed by atoms with E-state index in [1.54, 1.807) is 11.8 Å². The molecule has 1 saturated carbocycles. The van der Waals surface area contributed by atoms with Crippen molar-refractivity contribution in [3.63, 3.8) is 0 Å². The van der Waals surface area contributed by atoms with Crippen molar-refractivity contribution in [2.45, 2.75) is 102 Å². The van der Waals surface area contributed by atoms with Crippen LogP contribution in [0.4, 0.5) is 4.79 Å². The average molecular weight is 539 g/mol. The van der Waals surface area contributed by atoms with Gasteiger partial charge in [0, 0.05) is 13.1 Å². The van der Waals surface area contributed by atoms with Crippen LogP contribution in [0.15, 0.2) is 0 Å². The van der Waals surface area contributed by atoms with Gasteiger partial charge >= 0.3 is 6.03 Å². The highest BCUT2D eigenvalue weighted by atomic mass is 16.7. The molecule has 0 aromatic carbocycles. The highest BCUT2D eigenvalue weighted by molar-refractivity contribution is 6.38. The van der Waals surface area contributed by atoms with E-state index in [1.165, 1.54) is 0 Å². The molecule has 4 amide bonds. The zero-order chi connectivity index (χ0) is 27.8. The first-order chi connectivity index (χ1) is 18.1. The van der Waals surface area contributed by atoms with Crippen molar-refractivity contribution < 1.29 is 33.4 Å². The number of Topliss-reactive ketones (excluding diaryl/α,β-unsaturated/α-hetero) is 1. The smallest absolute Gasteiger partial charge is 0.318 e. The monoisotopic (exact) mass is 538 g/mol. The first kappa shape index (κ1) is 30.3. The Hall–Kier alpha value is -2.24. The molecule has 216 valence electrons. The quantitative estimate of drug-likeness (QED) is 0.342. The number of hydrogen-bond donors (Lipinski definition) is 3. The molecule has 3 N–H and O–H groups in total. The minimum absolute atomic E-state index is 0.0561. The fraction of sp³-hybridized carbons (Fsp3) is 0.852. The molecule has 11 heteroatoms. The molecule has 0 bridgehead atoms. The van der Waals surface area contributed by atoms with Crippen molar-refractivity contribution in [1.82, 2.24) is 20.9 Å². The van der Waals surface area contributed by atoms with E-state index >= 15 is 0 Å². The summed E-state index contributed by atoms with van der Waals surface area (Å²) >= 11 is 0. The van der Waals surface area contributed by atoms with E-state index in [9.17, 15) is 19.2 Å². The summed E-state index contributed by atoms with van der Waals surface area (Å²) in [5, 5.41) is 8.67. The molecule has 11 nitrogen and oxygen atoms in total. The first-order valence-electron chi connectivity index (χ1n) is 14.2. The van der Waals surface area contributed by atoms with Crippen LogP contribution in [0.5, 0.6) is 0 Å². The number of rotatable bonds is 11. The lowest BCUT2D eigenvalue weighted by molar-refractivity contribution is -0.176. The number of hydrogen-bond acceptors (Lipinski definition) is 7. The molecule has 0 aromatic rings. The number of unbranched alkanes of at least 4 members (excludes halogenated alkanes) is 1. The van der Waals surface area contributed by atoms with Crippen molar-refractivity contribution in [3.05, 3.63) is 0 Å². The van der Waals surface area contributed by atoms with Gasteiger partial charge in [-0.2, -0.15) is 0 Å². The summed E-state index contributed by atoms with van der Waals surface area (Å²) < 4.78 is 16.8. The Morgan fingerprint density at radius 3 is 2.13 bits per heavy atom. The van der Waals surface area contributed by atoms with Gasteiger partial charge in [0.15, 0.2) is 5.79 Å². The van der Waals surface area contributed by atoms with Crippen LogP contribution >= 0.6 is 0 Å². The standard InChI is InChI=1S/C27H46N4O7/c1-5-6-10-20(21(32)23(33)29-22(19(2)3)26(4)37-17-18-38-26)28-24(34)27(11-8-7-9-12-27)30-25(35)31-13-15-36-16-14-31/h19-20,22H,5-18H2,1-4H3,(H,28,34)(H,29,33)(H,30,35). The van der Waals surface area contributed by atoms with Gasteiger partial charge in [-0.25, -0.2) is 4.79 Å². The van der Waals surface area contributed by atoms with Gasteiger partial charge in [-0.15, -0.1) is 0 Å². The number of urea groups is 1. The highest BCUT2D eigenvalue weighted by Crippen LogP contribution is 2.30. The molecule has 2 unspecified atom stereocenters. The fourth-order valence-electron chi connectivity index (χ4n) is 5.57. The maximum Gasteiger partial charge on any atom is 0.318 e. The molecule has 0 aromatic heterocycles. The molecule has 38 heavy (non-hydrogen) atoms. The van der Waals surface area contributed by atoms with Crippen LogP contribution in [0.1, 0.15) is 79.1 Å². The Labute approximate surface area is 226 Å². The topological polar surface area (TPSA) is 135 Å². The van der Waals surface area contributed by atoms with Crippen molar-refractivity contribution in [3.8, 4) is 0 Å². The van der Waals surface area contributed by atoms with Crippen LogP contribution < -0.4 is 16.0 Å². The lowest BCUT2D eigenvalue weighted by Gasteiger charge is -2.39. The Balaban J connectivity index is 1.73. The fourth-order valence-corrected chi connectivity index (χ4v) is 5.57. The molecule has 2 heterocycles. The van der Waals surface area contributed by atoms with E-state index in [0.29, 0.717) is 65.2 Å². The third kappa shape index (κ3) is 7.45. The Morgan fingerprint density at radius 2 is 1.55 bits per heavy atom. The van der Waals surface area contributed by atoms with Gasteiger partial charge in [0.05, 0.1) is 38.5 Å². The van der Waals surface area contributed by atoms with Crippen LogP contribution in [-0.2, 0) is 28.6 Å². The van der Waals surface area contributed by atoms with Crippen LogP contribution in [0, 0.1) is 5.92 Å². The predicted octanol–water partition coefficient (Wildman–Crippen LogP) is 1.88. The molecule has 0 radical (unpaired) electrons. The van der Waals surface area contributed by atoms with Crippen LogP contribution in [0.2, 0.25) is 0 Å². The molecular formula is C27H46N4O7. The minimum Gasteiger partial charge on any atom is -0.378 e. The Morgan fingerprint density at radius 1 is 0.921 bits per heavy atom. The molecule has 1 aliphatic carbocycles. The summed E-state index contributed by atoms with van der Waals surface area (Å²) in [5.41, 5.74) is -1.12. The molecule has 3 aliphatic rings. The van der Waals surface area contributed by atoms with Gasteiger partial charge in [0.2, 0.25) is 11.7 Å². The van der Waals surface area contributed by atoms with E-state index in [1.807, 2.05) is 20.8 Å². The SMILES string of the molecule is CCCCC(NC(=O)C1(NC(=O)N2CCOCC2)CCCCC1)C(=O)C(=O)NC(C(C)C)C1(C)OCCO1. The molecular weight excluding hydrogens is 492 g/mol. The number of amides is 4. The number of carbonyl (C=O) groups excluding carboxylic acids is 4. The summed E-state index contributed by atoms with van der Waals surface area (Å²) in [6, 6.07) is -1.84. The van der Waals surface area contributed by atoms with Crippen molar-refractivity contribution in [2.75, 3.05) is 39.5 Å². The minimum atomic E-state index is -1.12. The summed E-state index contributed by atoms with van der Waals surface area (Å²) in [7, 11) is 0. The van der Waals surface area contributed by atoms with Gasteiger partial charge in [-0.3, -0.25) is 14.4 Å². The lowest BCUT2D eigenvalue weighted by Crippen LogP contribution is -2.65. The van der Waals surface area contributed by atoms with Crippen LogP contribution in [-0.4, -0.2) is 91.5 Å². The number of carbonyl (C=O) groups is 4. The summed E-state index contributed by atoms with van der Waals surface area (Å²) in [4.78, 5) is 55.0. The molecule has 3 fully saturated rings. The van der Waals surface area contributed by atoms with E-state index in [0.717, 1.165) is 25.7 Å². The number of nitrogens with one attached hydrogen (secondary N) is 3. The van der Waals surface area contributed by atoms with Crippen molar-refractivity contribution in [1.29, 1.82) is 0 Å². The largest absolute Gasteiger partial charge is 0.378 e. The number of nitrogens with zero attached hydrogens (tertiary/aromatic N) is 1. The van der Waals surface area contributed by atoms with Crippen molar-refractivity contribution >= 4 is 23.6 Å². The molecule has 3 rings (SSSR count). The predicted molar refractivity (Wildman–Crippen MR) is 140 cm³/mol. The molecule has 0 spiro atoms.